The lowest BCUT2D eigenvalue weighted by Crippen LogP contribution is -2.21. The summed E-state index contributed by atoms with van der Waals surface area (Å²) in [5.41, 5.74) is 0. The zero-order chi connectivity index (χ0) is 14.4. The number of unbranched alkanes of at least 4 members (excludes halogenated alkanes) is 2. The fourth-order valence-electron chi connectivity index (χ4n) is 1.11. The highest BCUT2D eigenvalue weighted by Gasteiger charge is 2.23. The van der Waals surface area contributed by atoms with Crippen LogP contribution in [0.3, 0.4) is 0 Å². The molecule has 18 heavy (non-hydrogen) atoms. The lowest BCUT2D eigenvalue weighted by Gasteiger charge is -2.19. The number of hydrogen-bond donors (Lipinski definition) is 2. The van der Waals surface area contributed by atoms with Crippen LogP contribution >= 0.6 is 30.6 Å². The maximum absolute atomic E-state index is 11.9. The van der Waals surface area contributed by atoms with Crippen LogP contribution in [0, 0.1) is 0 Å². The first-order chi connectivity index (χ1) is 8.54. The van der Waals surface area contributed by atoms with Gasteiger partial charge in [-0.3, -0.25) is 8.05 Å². The van der Waals surface area contributed by atoms with E-state index in [1.807, 2.05) is 27.7 Å². The van der Waals surface area contributed by atoms with E-state index in [4.69, 9.17) is 9.05 Å². The number of nitrogens with one attached hydrogen (secondary N) is 2. The SMILES string of the molecule is CC.COP(=O)(NC(C)C)OCCCCCNI. The molecule has 0 aromatic carbocycles. The Balaban J connectivity index is 0. The second-order valence-corrected chi connectivity index (χ2v) is 6.38. The molecule has 0 fully saturated rings. The summed E-state index contributed by atoms with van der Waals surface area (Å²) in [5.74, 6) is 0. The molecule has 1 unspecified atom stereocenters. The van der Waals surface area contributed by atoms with Crippen molar-refractivity contribution in [2.45, 2.75) is 53.0 Å². The van der Waals surface area contributed by atoms with Crippen molar-refractivity contribution in [3.63, 3.8) is 0 Å². The molecule has 7 heteroatoms. The van der Waals surface area contributed by atoms with E-state index < -0.39 is 7.75 Å². The summed E-state index contributed by atoms with van der Waals surface area (Å²) in [6.07, 6.45) is 3.05. The van der Waals surface area contributed by atoms with Gasteiger partial charge in [0, 0.05) is 42.6 Å². The molecule has 0 aliphatic rings. The molecule has 0 spiro atoms. The Morgan fingerprint density at radius 3 is 2.28 bits per heavy atom. The van der Waals surface area contributed by atoms with Crippen molar-refractivity contribution >= 4 is 30.6 Å². The molecule has 0 heterocycles. The van der Waals surface area contributed by atoms with Gasteiger partial charge in [0.15, 0.2) is 0 Å². The highest BCUT2D eigenvalue weighted by Crippen LogP contribution is 2.43. The average molecular weight is 394 g/mol. The van der Waals surface area contributed by atoms with Crippen LogP contribution in [0.1, 0.15) is 47.0 Å². The summed E-state index contributed by atoms with van der Waals surface area (Å²) in [5, 5.41) is 2.81. The third kappa shape index (κ3) is 13.2. The first kappa shape index (κ1) is 21.1. The second kappa shape index (κ2) is 14.2. The minimum Gasteiger partial charge on any atom is -0.300 e. The Bertz CT molecular complexity index is 218. The van der Waals surface area contributed by atoms with Crippen LogP contribution in [0.4, 0.5) is 0 Å². The van der Waals surface area contributed by atoms with Gasteiger partial charge in [-0.25, -0.2) is 9.65 Å². The molecule has 0 amide bonds. The van der Waals surface area contributed by atoms with Crippen molar-refractivity contribution in [2.75, 3.05) is 20.3 Å². The molecule has 0 rings (SSSR count). The Labute approximate surface area is 126 Å². The molecule has 0 aliphatic heterocycles. The summed E-state index contributed by atoms with van der Waals surface area (Å²) in [7, 11) is -1.68. The van der Waals surface area contributed by atoms with Crippen LogP contribution < -0.4 is 8.62 Å². The van der Waals surface area contributed by atoms with Gasteiger partial charge >= 0.3 is 7.75 Å². The van der Waals surface area contributed by atoms with E-state index in [0.717, 1.165) is 25.8 Å². The Morgan fingerprint density at radius 1 is 1.22 bits per heavy atom. The van der Waals surface area contributed by atoms with Crippen LogP contribution in [-0.2, 0) is 13.6 Å². The monoisotopic (exact) mass is 394 g/mol. The lowest BCUT2D eigenvalue weighted by molar-refractivity contribution is 0.217. The standard InChI is InChI=1S/C9H22IN2O3P.C2H6/c1-9(2)12-16(13,14-3)15-8-6-4-5-7-11-10;1-2/h9,11H,4-8H2,1-3H3,(H,12,13);1-2H3. The summed E-state index contributed by atoms with van der Waals surface area (Å²) >= 11 is 2.12. The molecule has 2 N–H and O–H groups in total. The molecule has 0 aliphatic carbocycles. The van der Waals surface area contributed by atoms with E-state index in [9.17, 15) is 4.57 Å². The minimum absolute atomic E-state index is 0.0778. The largest absolute Gasteiger partial charge is 0.405 e. The van der Waals surface area contributed by atoms with Gasteiger partial charge in [0.25, 0.3) is 0 Å². The number of halogens is 1. The molecule has 112 valence electrons. The average Bonchev–Trinajstić information content (AvgIpc) is 2.35. The molecule has 0 bridgehead atoms. The van der Waals surface area contributed by atoms with Crippen molar-refractivity contribution in [1.82, 2.24) is 8.62 Å². The Morgan fingerprint density at radius 2 is 1.83 bits per heavy atom. The van der Waals surface area contributed by atoms with Crippen molar-refractivity contribution in [1.29, 1.82) is 0 Å². The first-order valence-electron chi connectivity index (χ1n) is 6.45. The van der Waals surface area contributed by atoms with Crippen molar-refractivity contribution in [3.8, 4) is 0 Å². The fourth-order valence-corrected chi connectivity index (χ4v) is 2.78. The molecule has 1 atom stereocenters. The highest BCUT2D eigenvalue weighted by atomic mass is 127. The Hall–Kier alpha value is 0.800. The smallest absolute Gasteiger partial charge is 0.300 e. The molecule has 0 aromatic heterocycles. The van der Waals surface area contributed by atoms with Gasteiger partial charge in [-0.15, -0.1) is 0 Å². The van der Waals surface area contributed by atoms with Crippen molar-refractivity contribution in [3.05, 3.63) is 0 Å². The maximum atomic E-state index is 11.9. The third-order valence-corrected chi connectivity index (χ3v) is 4.21. The van der Waals surface area contributed by atoms with Crippen LogP contribution in [-0.4, -0.2) is 26.3 Å². The lowest BCUT2D eigenvalue weighted by atomic mass is 10.2. The predicted molar refractivity (Wildman–Crippen MR) is 86.1 cm³/mol. The van der Waals surface area contributed by atoms with Gasteiger partial charge in [-0.1, -0.05) is 13.8 Å². The van der Waals surface area contributed by atoms with E-state index in [2.05, 4.69) is 31.5 Å². The number of rotatable bonds is 10. The fraction of sp³-hybridized carbons (Fsp3) is 1.00. The second-order valence-electron chi connectivity index (χ2n) is 3.74. The summed E-state index contributed by atoms with van der Waals surface area (Å²) in [6.45, 7) is 9.26. The molecule has 0 saturated heterocycles. The van der Waals surface area contributed by atoms with Crippen molar-refractivity contribution in [2.24, 2.45) is 0 Å². The van der Waals surface area contributed by atoms with E-state index >= 15 is 0 Å². The summed E-state index contributed by atoms with van der Waals surface area (Å²) in [4.78, 5) is 0. The van der Waals surface area contributed by atoms with Gasteiger partial charge in [0.1, 0.15) is 0 Å². The molecule has 0 radical (unpaired) electrons. The zero-order valence-electron chi connectivity index (χ0n) is 12.2. The third-order valence-electron chi connectivity index (χ3n) is 1.83. The first-order valence-corrected chi connectivity index (χ1v) is 9.08. The Kier molecular flexibility index (Phi) is 16.7. The van der Waals surface area contributed by atoms with Crippen LogP contribution in [0.5, 0.6) is 0 Å². The van der Waals surface area contributed by atoms with Gasteiger partial charge < -0.3 is 4.52 Å². The minimum atomic E-state index is -3.08. The zero-order valence-corrected chi connectivity index (χ0v) is 15.2. The van der Waals surface area contributed by atoms with Gasteiger partial charge in [0.2, 0.25) is 0 Å². The van der Waals surface area contributed by atoms with Crippen LogP contribution in [0.25, 0.3) is 0 Å². The van der Waals surface area contributed by atoms with E-state index in [0.29, 0.717) is 6.61 Å². The summed E-state index contributed by atoms with van der Waals surface area (Å²) < 4.78 is 25.1. The van der Waals surface area contributed by atoms with E-state index in [1.54, 1.807) is 0 Å². The summed E-state index contributed by atoms with van der Waals surface area (Å²) in [6, 6.07) is 0.0778. The van der Waals surface area contributed by atoms with Crippen LogP contribution in [0.15, 0.2) is 0 Å². The van der Waals surface area contributed by atoms with Crippen molar-refractivity contribution < 1.29 is 13.6 Å². The van der Waals surface area contributed by atoms with Gasteiger partial charge in [-0.05, 0) is 33.1 Å². The quantitative estimate of drug-likeness (QED) is 0.255. The molecule has 0 aromatic rings. The van der Waals surface area contributed by atoms with E-state index in [-0.39, 0.29) is 6.04 Å². The van der Waals surface area contributed by atoms with E-state index in [1.165, 1.54) is 7.11 Å². The van der Waals surface area contributed by atoms with Gasteiger partial charge in [0.05, 0.1) is 6.61 Å². The normalized spacial score (nSPS) is 13.9. The molecule has 5 nitrogen and oxygen atoms in total. The molecule has 0 saturated carbocycles. The number of hydrogen-bond acceptors (Lipinski definition) is 4. The van der Waals surface area contributed by atoms with Gasteiger partial charge in [-0.2, -0.15) is 0 Å². The maximum Gasteiger partial charge on any atom is 0.405 e. The predicted octanol–water partition coefficient (Wildman–Crippen LogP) is 3.89. The topological polar surface area (TPSA) is 59.6 Å². The molecular formula is C11H28IN2O3P. The van der Waals surface area contributed by atoms with Crippen LogP contribution in [0.2, 0.25) is 0 Å². The molecular weight excluding hydrogens is 366 g/mol. The highest BCUT2D eigenvalue weighted by molar-refractivity contribution is 14.1.